The molecule has 1 aliphatic heterocycles. The van der Waals surface area contributed by atoms with Gasteiger partial charge in [0.25, 0.3) is 5.91 Å². The highest BCUT2D eigenvalue weighted by Gasteiger charge is 2.43. The van der Waals surface area contributed by atoms with Gasteiger partial charge in [0.1, 0.15) is 6.04 Å². The molecule has 0 radical (unpaired) electrons. The maximum atomic E-state index is 11.5. The number of nitriles is 1. The summed E-state index contributed by atoms with van der Waals surface area (Å²) >= 11 is 0. The van der Waals surface area contributed by atoms with E-state index < -0.39 is 30.4 Å². The fourth-order valence-corrected chi connectivity index (χ4v) is 1.10. The fourth-order valence-electron chi connectivity index (χ4n) is 1.10. The summed E-state index contributed by atoms with van der Waals surface area (Å²) in [6.45, 7) is 0.920. The number of hydrogen-bond acceptors (Lipinski definition) is 5. The van der Waals surface area contributed by atoms with Crippen LogP contribution in [0.25, 0.3) is 0 Å². The van der Waals surface area contributed by atoms with Crippen molar-refractivity contribution in [2.45, 2.75) is 13.0 Å². The second kappa shape index (κ2) is 4.06. The van der Waals surface area contributed by atoms with Crippen molar-refractivity contribution >= 4 is 17.8 Å². The van der Waals surface area contributed by atoms with Gasteiger partial charge in [0.05, 0.1) is 19.2 Å². The summed E-state index contributed by atoms with van der Waals surface area (Å²) < 4.78 is 0. The molecule has 1 rings (SSSR count). The van der Waals surface area contributed by atoms with E-state index in [4.69, 9.17) is 11.0 Å². The Kier molecular flexibility index (Phi) is 3.01. The summed E-state index contributed by atoms with van der Waals surface area (Å²) in [5.74, 6) is -1.46. The van der Waals surface area contributed by atoms with Gasteiger partial charge in [-0.3, -0.25) is 9.59 Å². The predicted octanol–water partition coefficient (Wildman–Crippen LogP) is -1.35. The summed E-state index contributed by atoms with van der Waals surface area (Å²) in [6.07, 6.45) is 0. The van der Waals surface area contributed by atoms with E-state index in [1.165, 1.54) is 0 Å². The Balaban J connectivity index is 2.75. The second-order valence-electron chi connectivity index (χ2n) is 3.03. The maximum absolute atomic E-state index is 11.5. The molecule has 0 saturated carbocycles. The van der Waals surface area contributed by atoms with Crippen LogP contribution in [-0.4, -0.2) is 46.8 Å². The summed E-state index contributed by atoms with van der Waals surface area (Å²) in [6, 6.07) is 0.534. The van der Waals surface area contributed by atoms with Crippen molar-refractivity contribution < 1.29 is 14.4 Å². The molecule has 0 aromatic carbocycles. The van der Waals surface area contributed by atoms with Crippen LogP contribution < -0.4 is 5.73 Å². The van der Waals surface area contributed by atoms with Crippen molar-refractivity contribution in [2.24, 2.45) is 5.73 Å². The highest BCUT2D eigenvalue weighted by Crippen LogP contribution is 2.18. The molecule has 1 saturated heterocycles. The van der Waals surface area contributed by atoms with Gasteiger partial charge in [0, 0.05) is 6.92 Å². The second-order valence-corrected chi connectivity index (χ2v) is 3.03. The lowest BCUT2D eigenvalue weighted by molar-refractivity contribution is -0.139. The van der Waals surface area contributed by atoms with Gasteiger partial charge in [-0.05, 0) is 0 Å². The Morgan fingerprint density at radius 2 is 2.20 bits per heavy atom. The number of rotatable bonds is 1. The summed E-state index contributed by atoms with van der Waals surface area (Å²) in [4.78, 5) is 35.3. The normalized spacial score (nSPS) is 17.9. The van der Waals surface area contributed by atoms with Crippen LogP contribution in [0.5, 0.6) is 0 Å². The van der Waals surface area contributed by atoms with Crippen LogP contribution >= 0.6 is 0 Å². The Morgan fingerprint density at radius 1 is 1.60 bits per heavy atom. The van der Waals surface area contributed by atoms with E-state index in [9.17, 15) is 14.4 Å². The van der Waals surface area contributed by atoms with Crippen LogP contribution in [0.4, 0.5) is 4.79 Å². The third-order valence-corrected chi connectivity index (χ3v) is 1.94. The molecule has 2 N–H and O–H groups in total. The first-order chi connectivity index (χ1) is 7.02. The van der Waals surface area contributed by atoms with Crippen LogP contribution in [0.2, 0.25) is 0 Å². The van der Waals surface area contributed by atoms with Gasteiger partial charge in [-0.25, -0.2) is 4.79 Å². The molecule has 0 aliphatic carbocycles. The minimum Gasteiger partial charge on any atom is -0.322 e. The monoisotopic (exact) mass is 210 g/mol. The van der Waals surface area contributed by atoms with Gasteiger partial charge in [-0.2, -0.15) is 10.2 Å². The molecule has 0 bridgehead atoms. The lowest BCUT2D eigenvalue weighted by Gasteiger charge is -2.16. The smallest absolute Gasteiger partial charge is 0.322 e. The molecule has 1 heterocycles. The highest BCUT2D eigenvalue weighted by atomic mass is 16.2. The third kappa shape index (κ3) is 2.11. The average Bonchev–Trinajstić information content (AvgIpc) is 2.95. The molecule has 7 nitrogen and oxygen atoms in total. The molecular weight excluding hydrogens is 200 g/mol. The minimum absolute atomic E-state index is 0.247. The zero-order valence-corrected chi connectivity index (χ0v) is 8.14. The lowest BCUT2D eigenvalue weighted by atomic mass is 10.4. The zero-order valence-electron chi connectivity index (χ0n) is 8.14. The van der Waals surface area contributed by atoms with Crippen molar-refractivity contribution in [3.63, 3.8) is 0 Å². The molecule has 1 unspecified atom stereocenters. The predicted molar refractivity (Wildman–Crippen MR) is 48.1 cm³/mol. The van der Waals surface area contributed by atoms with Crippen LogP contribution in [0, 0.1) is 11.3 Å². The highest BCUT2D eigenvalue weighted by molar-refractivity contribution is 6.10. The van der Waals surface area contributed by atoms with Crippen molar-refractivity contribution in [3.05, 3.63) is 0 Å². The van der Waals surface area contributed by atoms with Gasteiger partial charge < -0.3 is 10.6 Å². The lowest BCUT2D eigenvalue weighted by Crippen LogP contribution is -2.46. The van der Waals surface area contributed by atoms with Gasteiger partial charge in [0.2, 0.25) is 5.91 Å². The molecule has 0 aromatic rings. The molecule has 4 amide bonds. The first-order valence-corrected chi connectivity index (χ1v) is 4.26. The first-order valence-electron chi connectivity index (χ1n) is 4.26. The Bertz CT molecular complexity index is 359. The molecule has 15 heavy (non-hydrogen) atoms. The molecular formula is C8H10N4O3. The Hall–Kier alpha value is -1.94. The molecule has 80 valence electrons. The number of nitrogens with zero attached hydrogens (tertiary/aromatic N) is 3. The van der Waals surface area contributed by atoms with E-state index >= 15 is 0 Å². The van der Waals surface area contributed by atoms with Crippen LogP contribution in [0.1, 0.15) is 6.92 Å². The molecule has 1 aliphatic rings. The summed E-state index contributed by atoms with van der Waals surface area (Å²) in [5.41, 5.74) is 5.06. The molecule has 0 aromatic heterocycles. The van der Waals surface area contributed by atoms with Gasteiger partial charge in [0.15, 0.2) is 0 Å². The van der Waals surface area contributed by atoms with Crippen molar-refractivity contribution in [1.29, 1.82) is 5.26 Å². The van der Waals surface area contributed by atoms with Crippen molar-refractivity contribution in [2.75, 3.05) is 13.1 Å². The van der Waals surface area contributed by atoms with Crippen molar-refractivity contribution in [3.8, 4) is 6.07 Å². The van der Waals surface area contributed by atoms with Gasteiger partial charge in [-0.1, -0.05) is 0 Å². The average molecular weight is 210 g/mol. The number of carbonyl (C=O) groups excluding carboxylic acids is 3. The SMILES string of the molecule is CC(=O)N(C(=O)CN)C(=O)N1CC1C#N. The van der Waals surface area contributed by atoms with E-state index in [-0.39, 0.29) is 6.54 Å². The number of urea groups is 1. The third-order valence-electron chi connectivity index (χ3n) is 1.94. The molecule has 7 heteroatoms. The summed E-state index contributed by atoms with van der Waals surface area (Å²) in [7, 11) is 0. The Morgan fingerprint density at radius 3 is 2.53 bits per heavy atom. The number of amides is 4. The number of hydrogen-bond donors (Lipinski definition) is 1. The maximum Gasteiger partial charge on any atom is 0.334 e. The number of imide groups is 3. The van der Waals surface area contributed by atoms with E-state index in [2.05, 4.69) is 0 Å². The van der Waals surface area contributed by atoms with Crippen LogP contribution in [0.3, 0.4) is 0 Å². The number of carbonyl (C=O) groups is 3. The minimum atomic E-state index is -0.774. The number of nitrogens with two attached hydrogens (primary N) is 1. The van der Waals surface area contributed by atoms with E-state index in [0.29, 0.717) is 4.90 Å². The van der Waals surface area contributed by atoms with Crippen LogP contribution in [-0.2, 0) is 9.59 Å². The molecule has 1 fully saturated rings. The van der Waals surface area contributed by atoms with E-state index in [1.54, 1.807) is 0 Å². The zero-order chi connectivity index (χ0) is 11.6. The Labute approximate surface area is 86.0 Å². The van der Waals surface area contributed by atoms with Crippen molar-refractivity contribution in [1.82, 2.24) is 9.80 Å². The molecule has 1 atom stereocenters. The topological polar surface area (TPSA) is 107 Å². The standard InChI is InChI=1S/C8H10N4O3/c1-5(13)12(7(14)3-10)8(15)11-4-6(11)2-9/h6H,3-4,10H2,1H3. The van der Waals surface area contributed by atoms with E-state index in [1.807, 2.05) is 6.07 Å². The fraction of sp³-hybridized carbons (Fsp3) is 0.500. The van der Waals surface area contributed by atoms with E-state index in [0.717, 1.165) is 11.8 Å². The van der Waals surface area contributed by atoms with Crippen LogP contribution in [0.15, 0.2) is 0 Å². The molecule has 0 spiro atoms. The quantitative estimate of drug-likeness (QED) is 0.538. The van der Waals surface area contributed by atoms with Gasteiger partial charge in [-0.15, -0.1) is 0 Å². The largest absolute Gasteiger partial charge is 0.334 e. The van der Waals surface area contributed by atoms with Gasteiger partial charge >= 0.3 is 6.03 Å². The summed E-state index contributed by atoms with van der Waals surface area (Å²) in [5, 5.41) is 8.48. The first kappa shape index (κ1) is 11.1.